The normalized spacial score (nSPS) is 14.9. The minimum absolute atomic E-state index is 0.627. The Morgan fingerprint density at radius 1 is 0.960 bits per heavy atom. The molecule has 1 aromatic carbocycles. The molecule has 0 atom stereocenters. The molecule has 25 heavy (non-hydrogen) atoms. The van der Waals surface area contributed by atoms with Crippen LogP contribution in [0.25, 0.3) is 11.0 Å². The summed E-state index contributed by atoms with van der Waals surface area (Å²) >= 11 is 0. The molecule has 1 aliphatic rings. The number of nitrogens with zero attached hydrogens (tertiary/aromatic N) is 5. The minimum atomic E-state index is 0.627. The van der Waals surface area contributed by atoms with Crippen LogP contribution in [0, 0.1) is 13.8 Å². The Kier molecular flexibility index (Phi) is 4.03. The summed E-state index contributed by atoms with van der Waals surface area (Å²) in [6.07, 6.45) is 5.60. The summed E-state index contributed by atoms with van der Waals surface area (Å²) in [4.78, 5) is 11.9. The molecule has 0 bridgehead atoms. The van der Waals surface area contributed by atoms with Crippen molar-refractivity contribution in [2.24, 2.45) is 7.05 Å². The highest BCUT2D eigenvalue weighted by Crippen LogP contribution is 2.28. The van der Waals surface area contributed by atoms with Gasteiger partial charge in [-0.3, -0.25) is 4.68 Å². The maximum atomic E-state index is 4.84. The van der Waals surface area contributed by atoms with Crippen molar-refractivity contribution in [1.82, 2.24) is 19.7 Å². The first-order chi connectivity index (χ1) is 12.1. The Bertz CT molecular complexity index is 887. The molecule has 0 radical (unpaired) electrons. The van der Waals surface area contributed by atoms with Gasteiger partial charge >= 0.3 is 0 Å². The molecule has 0 amide bonds. The second-order valence-corrected chi connectivity index (χ2v) is 6.93. The van der Waals surface area contributed by atoms with E-state index in [1.165, 1.54) is 30.4 Å². The van der Waals surface area contributed by atoms with Crippen molar-refractivity contribution in [3.63, 3.8) is 0 Å². The van der Waals surface area contributed by atoms with Crippen LogP contribution >= 0.6 is 0 Å². The summed E-state index contributed by atoms with van der Waals surface area (Å²) in [7, 11) is 1.93. The van der Waals surface area contributed by atoms with Crippen molar-refractivity contribution < 1.29 is 0 Å². The Balaban J connectivity index is 1.77. The number of aromatic nitrogens is 4. The number of benzene rings is 1. The second kappa shape index (κ2) is 6.35. The van der Waals surface area contributed by atoms with Gasteiger partial charge in [0.1, 0.15) is 5.82 Å². The molecule has 6 heteroatoms. The van der Waals surface area contributed by atoms with Crippen molar-refractivity contribution in [2.75, 3.05) is 23.3 Å². The van der Waals surface area contributed by atoms with Crippen LogP contribution in [0.3, 0.4) is 0 Å². The van der Waals surface area contributed by atoms with Crippen LogP contribution in [0.4, 0.5) is 17.5 Å². The van der Waals surface area contributed by atoms with Crippen LogP contribution in [0.5, 0.6) is 0 Å². The molecule has 6 nitrogen and oxygen atoms in total. The summed E-state index contributed by atoms with van der Waals surface area (Å²) < 4.78 is 1.82. The summed E-state index contributed by atoms with van der Waals surface area (Å²) in [5.41, 5.74) is 4.33. The third kappa shape index (κ3) is 3.16. The van der Waals surface area contributed by atoms with E-state index in [1.807, 2.05) is 17.9 Å². The number of fused-ring (bicyclic) bond motifs is 1. The Hall–Kier alpha value is -2.63. The van der Waals surface area contributed by atoms with E-state index in [1.54, 1.807) is 0 Å². The number of nitrogens with one attached hydrogen (secondary N) is 1. The first kappa shape index (κ1) is 15.9. The standard InChI is InChI=1S/C19H24N6/c1-13-9-14(2)11-15(10-13)21-19-22-17-16(12-20-24(17)3)18(23-19)25-7-5-4-6-8-25/h9-12H,4-8H2,1-3H3,(H,21,22,23). The predicted molar refractivity (Wildman–Crippen MR) is 102 cm³/mol. The first-order valence-corrected chi connectivity index (χ1v) is 8.90. The molecular formula is C19H24N6. The van der Waals surface area contributed by atoms with Crippen LogP contribution in [0.1, 0.15) is 30.4 Å². The van der Waals surface area contributed by atoms with Crippen molar-refractivity contribution in [2.45, 2.75) is 33.1 Å². The lowest BCUT2D eigenvalue weighted by molar-refractivity contribution is 0.575. The lowest BCUT2D eigenvalue weighted by Crippen LogP contribution is -2.30. The van der Waals surface area contributed by atoms with Gasteiger partial charge in [-0.1, -0.05) is 6.07 Å². The molecule has 3 heterocycles. The van der Waals surface area contributed by atoms with E-state index in [9.17, 15) is 0 Å². The zero-order chi connectivity index (χ0) is 17.4. The molecule has 1 N–H and O–H groups in total. The maximum absolute atomic E-state index is 4.84. The van der Waals surface area contributed by atoms with Crippen molar-refractivity contribution in [1.29, 1.82) is 0 Å². The summed E-state index contributed by atoms with van der Waals surface area (Å²) in [5.74, 6) is 1.62. The average Bonchev–Trinajstić information content (AvgIpc) is 2.95. The highest BCUT2D eigenvalue weighted by molar-refractivity contribution is 5.88. The van der Waals surface area contributed by atoms with Gasteiger partial charge in [0.05, 0.1) is 11.6 Å². The Morgan fingerprint density at radius 3 is 2.40 bits per heavy atom. The smallest absolute Gasteiger partial charge is 0.231 e. The van der Waals surface area contributed by atoms with E-state index >= 15 is 0 Å². The highest BCUT2D eigenvalue weighted by Gasteiger charge is 2.19. The van der Waals surface area contributed by atoms with Gasteiger partial charge < -0.3 is 10.2 Å². The fourth-order valence-electron chi connectivity index (χ4n) is 3.59. The molecule has 0 spiro atoms. The summed E-state index contributed by atoms with van der Waals surface area (Å²) in [6.45, 7) is 6.29. The molecule has 2 aromatic heterocycles. The zero-order valence-electron chi connectivity index (χ0n) is 15.1. The summed E-state index contributed by atoms with van der Waals surface area (Å²) in [5, 5.41) is 8.80. The van der Waals surface area contributed by atoms with Crippen LogP contribution in [-0.4, -0.2) is 32.8 Å². The lowest BCUT2D eigenvalue weighted by atomic mass is 10.1. The molecule has 0 saturated carbocycles. The van der Waals surface area contributed by atoms with Crippen LogP contribution in [-0.2, 0) is 7.05 Å². The van der Waals surface area contributed by atoms with Crippen molar-refractivity contribution in [3.8, 4) is 0 Å². The SMILES string of the molecule is Cc1cc(C)cc(Nc2nc(N3CCCCC3)c3cnn(C)c3n2)c1. The molecule has 3 aromatic rings. The van der Waals surface area contributed by atoms with Gasteiger partial charge in [0, 0.05) is 25.8 Å². The Labute approximate surface area is 147 Å². The lowest BCUT2D eigenvalue weighted by Gasteiger charge is -2.28. The van der Waals surface area contributed by atoms with Gasteiger partial charge in [-0.15, -0.1) is 0 Å². The van der Waals surface area contributed by atoms with Gasteiger partial charge in [-0.25, -0.2) is 0 Å². The number of anilines is 3. The largest absolute Gasteiger partial charge is 0.356 e. The fourth-order valence-corrected chi connectivity index (χ4v) is 3.59. The van der Waals surface area contributed by atoms with Gasteiger partial charge in [0.15, 0.2) is 5.65 Å². The van der Waals surface area contributed by atoms with E-state index in [0.29, 0.717) is 5.95 Å². The molecule has 0 unspecified atom stereocenters. The van der Waals surface area contributed by atoms with E-state index in [4.69, 9.17) is 9.97 Å². The van der Waals surface area contributed by atoms with Gasteiger partial charge in [0.2, 0.25) is 5.95 Å². The minimum Gasteiger partial charge on any atom is -0.356 e. The predicted octanol–water partition coefficient (Wildman–Crippen LogP) is 3.71. The third-order valence-electron chi connectivity index (χ3n) is 4.71. The second-order valence-electron chi connectivity index (χ2n) is 6.93. The molecule has 1 saturated heterocycles. The molecule has 130 valence electrons. The van der Waals surface area contributed by atoms with Gasteiger partial charge in [-0.05, 0) is 56.4 Å². The van der Waals surface area contributed by atoms with E-state index in [0.717, 1.165) is 35.6 Å². The molecule has 4 rings (SSSR count). The fraction of sp³-hybridized carbons (Fsp3) is 0.421. The third-order valence-corrected chi connectivity index (χ3v) is 4.71. The van der Waals surface area contributed by atoms with Crippen LogP contribution < -0.4 is 10.2 Å². The number of hydrogen-bond donors (Lipinski definition) is 1. The van der Waals surface area contributed by atoms with Crippen molar-refractivity contribution >= 4 is 28.5 Å². The summed E-state index contributed by atoms with van der Waals surface area (Å²) in [6, 6.07) is 6.39. The van der Waals surface area contributed by atoms with Crippen LogP contribution in [0.2, 0.25) is 0 Å². The monoisotopic (exact) mass is 336 g/mol. The average molecular weight is 336 g/mol. The van der Waals surface area contributed by atoms with Gasteiger partial charge in [-0.2, -0.15) is 15.1 Å². The Morgan fingerprint density at radius 2 is 1.68 bits per heavy atom. The van der Waals surface area contributed by atoms with E-state index < -0.39 is 0 Å². The number of hydrogen-bond acceptors (Lipinski definition) is 5. The molecule has 1 aliphatic heterocycles. The topological polar surface area (TPSA) is 58.9 Å². The van der Waals surface area contributed by atoms with Crippen molar-refractivity contribution in [3.05, 3.63) is 35.5 Å². The van der Waals surface area contributed by atoms with Crippen LogP contribution in [0.15, 0.2) is 24.4 Å². The van der Waals surface area contributed by atoms with E-state index in [2.05, 4.69) is 47.4 Å². The zero-order valence-corrected chi connectivity index (χ0v) is 15.1. The number of aryl methyl sites for hydroxylation is 3. The maximum Gasteiger partial charge on any atom is 0.231 e. The first-order valence-electron chi connectivity index (χ1n) is 8.90. The highest BCUT2D eigenvalue weighted by atomic mass is 15.3. The number of rotatable bonds is 3. The molecule has 1 fully saturated rings. The quantitative estimate of drug-likeness (QED) is 0.790. The molecular weight excluding hydrogens is 312 g/mol. The molecule has 0 aliphatic carbocycles. The van der Waals surface area contributed by atoms with E-state index in [-0.39, 0.29) is 0 Å². The number of piperidine rings is 1. The van der Waals surface area contributed by atoms with Gasteiger partial charge in [0.25, 0.3) is 0 Å².